The number of fused-ring (bicyclic) bond motifs is 1. The maximum atomic E-state index is 6.18. The zero-order chi connectivity index (χ0) is 15.5. The lowest BCUT2D eigenvalue weighted by Gasteiger charge is -2.38. The van der Waals surface area contributed by atoms with Crippen molar-refractivity contribution in [3.63, 3.8) is 0 Å². The van der Waals surface area contributed by atoms with Crippen LogP contribution in [0.2, 0.25) is 0 Å². The molecule has 0 fully saturated rings. The van der Waals surface area contributed by atoms with Crippen molar-refractivity contribution >= 4 is 0 Å². The number of benzene rings is 1. The van der Waals surface area contributed by atoms with Gasteiger partial charge in [-0.1, -0.05) is 13.3 Å². The Hall–Kier alpha value is -1.42. The van der Waals surface area contributed by atoms with Crippen LogP contribution in [0.25, 0.3) is 0 Å². The van der Waals surface area contributed by atoms with Gasteiger partial charge < -0.3 is 19.5 Å². The molecule has 1 aliphatic heterocycles. The average molecular weight is 293 g/mol. The van der Waals surface area contributed by atoms with E-state index in [0.717, 1.165) is 24.3 Å². The summed E-state index contributed by atoms with van der Waals surface area (Å²) in [5.74, 6) is 2.20. The Bertz CT molecular complexity index is 485. The number of unbranched alkanes of at least 4 members (excludes halogenated alkanes) is 1. The second kappa shape index (κ2) is 6.56. The summed E-state index contributed by atoms with van der Waals surface area (Å²) in [7, 11) is 3.30. The Labute approximate surface area is 127 Å². The van der Waals surface area contributed by atoms with Crippen LogP contribution in [0.1, 0.15) is 51.6 Å². The van der Waals surface area contributed by atoms with Gasteiger partial charge in [0.05, 0.1) is 14.2 Å². The lowest BCUT2D eigenvalue weighted by atomic mass is 9.89. The molecule has 1 aromatic carbocycles. The molecule has 2 rings (SSSR count). The van der Waals surface area contributed by atoms with Crippen LogP contribution < -0.4 is 19.5 Å². The molecule has 1 N–H and O–H groups in total. The Morgan fingerprint density at radius 3 is 2.67 bits per heavy atom. The number of methoxy groups -OCH3 is 2. The van der Waals surface area contributed by atoms with E-state index in [1.165, 1.54) is 12.8 Å². The third kappa shape index (κ3) is 3.43. The minimum absolute atomic E-state index is 0.226. The van der Waals surface area contributed by atoms with Crippen molar-refractivity contribution < 1.29 is 14.2 Å². The molecule has 1 unspecified atom stereocenters. The van der Waals surface area contributed by atoms with Crippen molar-refractivity contribution in [1.82, 2.24) is 5.32 Å². The highest BCUT2D eigenvalue weighted by Gasteiger charge is 2.36. The number of rotatable bonds is 6. The quantitative estimate of drug-likeness (QED) is 0.812. The van der Waals surface area contributed by atoms with Crippen LogP contribution in [0.3, 0.4) is 0 Å². The van der Waals surface area contributed by atoms with Gasteiger partial charge in [0.15, 0.2) is 11.5 Å². The second-order valence-electron chi connectivity index (χ2n) is 6.15. The van der Waals surface area contributed by atoms with Gasteiger partial charge in [-0.15, -0.1) is 0 Å². The predicted octanol–water partition coefficient (Wildman–Crippen LogP) is 3.70. The third-order valence-electron chi connectivity index (χ3n) is 3.90. The van der Waals surface area contributed by atoms with Crippen molar-refractivity contribution in [2.45, 2.75) is 51.7 Å². The SMILES string of the molecule is CCCCNC1CC(C)(C)Oc2c1ccc(OC)c2OC. The lowest BCUT2D eigenvalue weighted by molar-refractivity contribution is 0.0617. The molecule has 0 saturated carbocycles. The molecule has 4 heteroatoms. The topological polar surface area (TPSA) is 39.7 Å². The molecular formula is C17H27NO3. The zero-order valence-electron chi connectivity index (χ0n) is 13.8. The second-order valence-corrected chi connectivity index (χ2v) is 6.15. The van der Waals surface area contributed by atoms with Crippen LogP contribution in [0.4, 0.5) is 0 Å². The van der Waals surface area contributed by atoms with Crippen molar-refractivity contribution in [2.24, 2.45) is 0 Å². The predicted molar refractivity (Wildman–Crippen MR) is 84.5 cm³/mol. The fourth-order valence-corrected chi connectivity index (χ4v) is 2.85. The summed E-state index contributed by atoms with van der Waals surface area (Å²) in [6, 6.07) is 4.32. The fourth-order valence-electron chi connectivity index (χ4n) is 2.85. The van der Waals surface area contributed by atoms with E-state index in [0.29, 0.717) is 11.5 Å². The zero-order valence-corrected chi connectivity index (χ0v) is 13.8. The summed E-state index contributed by atoms with van der Waals surface area (Å²) in [5.41, 5.74) is 0.930. The van der Waals surface area contributed by atoms with E-state index >= 15 is 0 Å². The molecule has 0 aliphatic carbocycles. The van der Waals surface area contributed by atoms with Gasteiger partial charge in [0.2, 0.25) is 5.75 Å². The number of nitrogens with one attached hydrogen (secondary N) is 1. The highest BCUT2D eigenvalue weighted by atomic mass is 16.5. The molecular weight excluding hydrogens is 266 g/mol. The van der Waals surface area contributed by atoms with Crippen molar-refractivity contribution in [3.8, 4) is 17.2 Å². The highest BCUT2D eigenvalue weighted by Crippen LogP contribution is 2.48. The maximum absolute atomic E-state index is 6.18. The summed E-state index contributed by atoms with van der Waals surface area (Å²) in [6.45, 7) is 7.45. The van der Waals surface area contributed by atoms with E-state index in [-0.39, 0.29) is 11.6 Å². The standard InChI is InChI=1S/C17H27NO3/c1-6-7-10-18-13-11-17(2,3)21-15-12(13)8-9-14(19-4)16(15)20-5/h8-9,13,18H,6-7,10-11H2,1-5H3. The summed E-state index contributed by atoms with van der Waals surface area (Å²) in [5, 5.41) is 3.65. The molecule has 118 valence electrons. The molecule has 0 bridgehead atoms. The van der Waals surface area contributed by atoms with E-state index < -0.39 is 0 Å². The van der Waals surface area contributed by atoms with Crippen molar-refractivity contribution in [2.75, 3.05) is 20.8 Å². The van der Waals surface area contributed by atoms with Crippen molar-refractivity contribution in [1.29, 1.82) is 0 Å². The van der Waals surface area contributed by atoms with Crippen LogP contribution in [0, 0.1) is 0 Å². The van der Waals surface area contributed by atoms with Gasteiger partial charge in [0, 0.05) is 18.0 Å². The smallest absolute Gasteiger partial charge is 0.203 e. The maximum Gasteiger partial charge on any atom is 0.203 e. The summed E-state index contributed by atoms with van der Waals surface area (Å²) >= 11 is 0. The van der Waals surface area contributed by atoms with Gasteiger partial charge in [0.1, 0.15) is 5.60 Å². The summed E-state index contributed by atoms with van der Waals surface area (Å²) in [6.07, 6.45) is 3.32. The molecule has 4 nitrogen and oxygen atoms in total. The largest absolute Gasteiger partial charge is 0.493 e. The van der Waals surface area contributed by atoms with Crippen LogP contribution in [-0.2, 0) is 0 Å². The Morgan fingerprint density at radius 2 is 2.05 bits per heavy atom. The third-order valence-corrected chi connectivity index (χ3v) is 3.90. The van der Waals surface area contributed by atoms with E-state index in [9.17, 15) is 0 Å². The van der Waals surface area contributed by atoms with Crippen LogP contribution in [0.15, 0.2) is 12.1 Å². The molecule has 1 aliphatic rings. The minimum Gasteiger partial charge on any atom is -0.493 e. The van der Waals surface area contributed by atoms with E-state index in [1.54, 1.807) is 14.2 Å². The number of hydrogen-bond donors (Lipinski definition) is 1. The molecule has 21 heavy (non-hydrogen) atoms. The molecule has 0 radical (unpaired) electrons. The first kappa shape index (κ1) is 16.0. The number of ether oxygens (including phenoxy) is 3. The molecule has 0 saturated heterocycles. The number of hydrogen-bond acceptors (Lipinski definition) is 4. The van der Waals surface area contributed by atoms with Gasteiger partial charge in [-0.05, 0) is 38.9 Å². The van der Waals surface area contributed by atoms with Crippen LogP contribution in [-0.4, -0.2) is 26.4 Å². The average Bonchev–Trinajstić information content (AvgIpc) is 2.45. The first-order chi connectivity index (χ1) is 10.0. The Balaban J connectivity index is 2.37. The monoisotopic (exact) mass is 293 g/mol. The lowest BCUT2D eigenvalue weighted by Crippen LogP contribution is -2.39. The summed E-state index contributed by atoms with van der Waals surface area (Å²) < 4.78 is 17.1. The molecule has 1 heterocycles. The first-order valence-electron chi connectivity index (χ1n) is 7.69. The molecule has 1 aromatic rings. The Kier molecular flexibility index (Phi) is 4.99. The van der Waals surface area contributed by atoms with Crippen LogP contribution in [0.5, 0.6) is 17.2 Å². The van der Waals surface area contributed by atoms with Gasteiger partial charge in [0.25, 0.3) is 0 Å². The van der Waals surface area contributed by atoms with Gasteiger partial charge in [-0.2, -0.15) is 0 Å². The van der Waals surface area contributed by atoms with Crippen molar-refractivity contribution in [3.05, 3.63) is 17.7 Å². The normalized spacial score (nSPS) is 19.6. The molecule has 0 amide bonds. The van der Waals surface area contributed by atoms with Gasteiger partial charge >= 0.3 is 0 Å². The van der Waals surface area contributed by atoms with Gasteiger partial charge in [-0.3, -0.25) is 0 Å². The fraction of sp³-hybridized carbons (Fsp3) is 0.647. The van der Waals surface area contributed by atoms with Crippen LogP contribution >= 0.6 is 0 Å². The molecule has 0 aromatic heterocycles. The Morgan fingerprint density at radius 1 is 1.29 bits per heavy atom. The van der Waals surface area contributed by atoms with E-state index in [4.69, 9.17) is 14.2 Å². The van der Waals surface area contributed by atoms with Gasteiger partial charge in [-0.25, -0.2) is 0 Å². The molecule has 1 atom stereocenters. The first-order valence-corrected chi connectivity index (χ1v) is 7.69. The van der Waals surface area contributed by atoms with E-state index in [2.05, 4.69) is 32.2 Å². The van der Waals surface area contributed by atoms with E-state index in [1.807, 2.05) is 6.07 Å². The highest BCUT2D eigenvalue weighted by molar-refractivity contribution is 5.57. The molecule has 0 spiro atoms. The summed E-state index contributed by atoms with van der Waals surface area (Å²) in [4.78, 5) is 0. The minimum atomic E-state index is -0.226.